The Morgan fingerprint density at radius 1 is 1.15 bits per heavy atom. The molecule has 5 nitrogen and oxygen atoms in total. The van der Waals surface area contributed by atoms with Gasteiger partial charge in [-0.1, -0.05) is 11.6 Å². The van der Waals surface area contributed by atoms with E-state index in [0.29, 0.717) is 30.8 Å². The molecule has 0 unspecified atom stereocenters. The van der Waals surface area contributed by atoms with E-state index in [1.165, 1.54) is 29.5 Å². The summed E-state index contributed by atoms with van der Waals surface area (Å²) < 4.78 is 40.0. The molecule has 3 rings (SSSR count). The number of rotatable bonds is 2. The zero-order valence-corrected chi connectivity index (χ0v) is 16.0. The van der Waals surface area contributed by atoms with Gasteiger partial charge in [-0.2, -0.15) is 13.2 Å². The molecule has 2 heterocycles. The summed E-state index contributed by atoms with van der Waals surface area (Å²) in [5.74, 6) is 0. The second kappa shape index (κ2) is 6.65. The lowest BCUT2D eigenvalue weighted by Gasteiger charge is -2.14. The quantitative estimate of drug-likeness (QED) is 0.637. The van der Waals surface area contributed by atoms with E-state index in [0.717, 1.165) is 17.6 Å². The molecule has 1 aromatic carbocycles. The van der Waals surface area contributed by atoms with Gasteiger partial charge < -0.3 is 0 Å². The third-order valence-electron chi connectivity index (χ3n) is 4.08. The number of aryl methyl sites for hydroxylation is 2. The van der Waals surface area contributed by atoms with Gasteiger partial charge in [0.05, 0.1) is 16.4 Å². The summed E-state index contributed by atoms with van der Waals surface area (Å²) in [6.45, 7) is 3.73. The van der Waals surface area contributed by atoms with Gasteiger partial charge in [0.2, 0.25) is 0 Å². The van der Waals surface area contributed by atoms with Gasteiger partial charge in [0.25, 0.3) is 5.56 Å². The van der Waals surface area contributed by atoms with Crippen LogP contribution in [0.3, 0.4) is 0 Å². The summed E-state index contributed by atoms with van der Waals surface area (Å²) in [7, 11) is 0.964. The highest BCUT2D eigenvalue weighted by atomic mass is 35.5. The van der Waals surface area contributed by atoms with Crippen LogP contribution in [0.25, 0.3) is 16.3 Å². The van der Waals surface area contributed by atoms with Crippen molar-refractivity contribution in [1.82, 2.24) is 14.1 Å². The van der Waals surface area contributed by atoms with Gasteiger partial charge in [-0.25, -0.2) is 14.3 Å². The Morgan fingerprint density at radius 2 is 1.81 bits per heavy atom. The van der Waals surface area contributed by atoms with Crippen LogP contribution in [0.1, 0.15) is 16.3 Å². The molecule has 0 atom stereocenters. The summed E-state index contributed by atoms with van der Waals surface area (Å²) >= 11 is 7.61. The van der Waals surface area contributed by atoms with E-state index in [2.05, 4.69) is 4.98 Å². The second-order valence-corrected chi connectivity index (χ2v) is 7.48. The zero-order valence-electron chi connectivity index (χ0n) is 14.4. The van der Waals surface area contributed by atoms with Crippen molar-refractivity contribution >= 4 is 22.9 Å². The number of nitrogens with zero attached hydrogens (tertiary/aromatic N) is 3. The highest BCUT2D eigenvalue weighted by molar-refractivity contribution is 7.15. The van der Waals surface area contributed by atoms with Crippen LogP contribution in [0.2, 0.25) is 5.02 Å². The molecule has 0 aliphatic carbocycles. The molecule has 0 saturated carbocycles. The van der Waals surface area contributed by atoms with Gasteiger partial charge in [-0.15, -0.1) is 11.3 Å². The van der Waals surface area contributed by atoms with Crippen molar-refractivity contribution in [1.29, 1.82) is 0 Å². The first-order valence-corrected chi connectivity index (χ1v) is 8.84. The molecule has 2 aromatic heterocycles. The molecule has 0 radical (unpaired) electrons. The number of aromatic nitrogens is 3. The van der Waals surface area contributed by atoms with Gasteiger partial charge in [0, 0.05) is 23.6 Å². The van der Waals surface area contributed by atoms with Crippen molar-refractivity contribution in [2.45, 2.75) is 20.0 Å². The molecule has 0 saturated heterocycles. The van der Waals surface area contributed by atoms with Gasteiger partial charge >= 0.3 is 11.9 Å². The second-order valence-electron chi connectivity index (χ2n) is 5.87. The molecule has 0 fully saturated rings. The van der Waals surface area contributed by atoms with Crippen LogP contribution in [0, 0.1) is 13.8 Å². The van der Waals surface area contributed by atoms with E-state index >= 15 is 0 Å². The largest absolute Gasteiger partial charge is 0.431 e. The molecule has 142 valence electrons. The van der Waals surface area contributed by atoms with Crippen molar-refractivity contribution in [2.24, 2.45) is 7.05 Å². The number of benzene rings is 1. The molecule has 0 N–H and O–H groups in total. The summed E-state index contributed by atoms with van der Waals surface area (Å²) in [4.78, 5) is 30.1. The normalized spacial score (nSPS) is 11.8. The maximum Gasteiger partial charge on any atom is 0.431 e. The van der Waals surface area contributed by atoms with E-state index in [4.69, 9.17) is 11.6 Å². The molecular formula is C17H13ClF3N3O2S. The lowest BCUT2D eigenvalue weighted by Crippen LogP contribution is -2.40. The van der Waals surface area contributed by atoms with Gasteiger partial charge in [0.15, 0.2) is 0 Å². The first kappa shape index (κ1) is 19.4. The third kappa shape index (κ3) is 3.44. The maximum atomic E-state index is 13.0. The third-order valence-corrected chi connectivity index (χ3v) is 5.51. The monoisotopic (exact) mass is 415 g/mol. The first-order chi connectivity index (χ1) is 12.5. The van der Waals surface area contributed by atoms with E-state index in [1.807, 2.05) is 13.8 Å². The molecule has 0 aliphatic heterocycles. The predicted molar refractivity (Wildman–Crippen MR) is 97.9 cm³/mol. The van der Waals surface area contributed by atoms with E-state index in [1.54, 1.807) is 0 Å². The molecule has 3 aromatic rings. The van der Waals surface area contributed by atoms with Crippen molar-refractivity contribution in [3.05, 3.63) is 66.4 Å². The van der Waals surface area contributed by atoms with Crippen LogP contribution < -0.4 is 11.2 Å². The molecule has 0 bridgehead atoms. The Morgan fingerprint density at radius 3 is 2.37 bits per heavy atom. The Labute approximate surface area is 160 Å². The standard InChI is InChI=1S/C17H13ClF3N3O2S/c1-8-9(2)27-15(22-8)11-6-10(4-5-12(11)18)24-14(25)7-13(17(19,20)21)23(3)16(24)26/h4-7H,1-3H3. The molecule has 10 heteroatoms. The maximum absolute atomic E-state index is 13.0. The van der Waals surface area contributed by atoms with Crippen LogP contribution in [0.4, 0.5) is 13.2 Å². The van der Waals surface area contributed by atoms with Crippen LogP contribution in [0.15, 0.2) is 33.9 Å². The lowest BCUT2D eigenvalue weighted by molar-refractivity contribution is -0.144. The lowest BCUT2D eigenvalue weighted by atomic mass is 10.2. The Hall–Kier alpha value is -2.39. The van der Waals surface area contributed by atoms with E-state index in [9.17, 15) is 22.8 Å². The van der Waals surface area contributed by atoms with Crippen LogP contribution in [-0.2, 0) is 13.2 Å². The van der Waals surface area contributed by atoms with E-state index < -0.39 is 23.1 Å². The van der Waals surface area contributed by atoms with Crippen molar-refractivity contribution in [3.8, 4) is 16.3 Å². The van der Waals surface area contributed by atoms with Crippen molar-refractivity contribution < 1.29 is 13.2 Å². The Kier molecular flexibility index (Phi) is 4.77. The molecular weight excluding hydrogens is 403 g/mol. The first-order valence-electron chi connectivity index (χ1n) is 7.65. The smallest absolute Gasteiger partial charge is 0.292 e. The Bertz CT molecular complexity index is 1140. The van der Waals surface area contributed by atoms with Crippen LogP contribution in [0.5, 0.6) is 0 Å². The number of halogens is 4. The summed E-state index contributed by atoms with van der Waals surface area (Å²) in [6, 6.07) is 4.74. The van der Waals surface area contributed by atoms with Crippen LogP contribution >= 0.6 is 22.9 Å². The summed E-state index contributed by atoms with van der Waals surface area (Å²) in [5.41, 5.74) is -2.07. The zero-order chi connectivity index (χ0) is 20.1. The van der Waals surface area contributed by atoms with Crippen LogP contribution in [-0.4, -0.2) is 14.1 Å². The number of thiazole rings is 1. The average Bonchev–Trinajstić information content (AvgIpc) is 2.90. The SMILES string of the molecule is Cc1nc(-c2cc(-n3c(=O)cc(C(F)(F)F)n(C)c3=O)ccc2Cl)sc1C. The van der Waals surface area contributed by atoms with Gasteiger partial charge in [-0.05, 0) is 32.0 Å². The van der Waals surface area contributed by atoms with Crippen molar-refractivity contribution in [2.75, 3.05) is 0 Å². The van der Waals surface area contributed by atoms with Gasteiger partial charge in [0.1, 0.15) is 10.7 Å². The topological polar surface area (TPSA) is 56.9 Å². The highest BCUT2D eigenvalue weighted by Gasteiger charge is 2.35. The molecule has 27 heavy (non-hydrogen) atoms. The number of hydrogen-bond donors (Lipinski definition) is 0. The highest BCUT2D eigenvalue weighted by Crippen LogP contribution is 2.34. The molecule has 0 aliphatic rings. The minimum absolute atomic E-state index is 0.110. The minimum Gasteiger partial charge on any atom is -0.292 e. The van der Waals surface area contributed by atoms with E-state index in [-0.39, 0.29) is 5.69 Å². The minimum atomic E-state index is -4.81. The summed E-state index contributed by atoms with van der Waals surface area (Å²) in [6.07, 6.45) is -4.81. The molecule has 0 amide bonds. The van der Waals surface area contributed by atoms with Gasteiger partial charge in [-0.3, -0.25) is 9.36 Å². The predicted octanol–water partition coefficient (Wildman–Crippen LogP) is 3.95. The molecule has 0 spiro atoms. The number of hydrogen-bond acceptors (Lipinski definition) is 4. The Balaban J connectivity index is 2.24. The number of alkyl halides is 3. The fourth-order valence-corrected chi connectivity index (χ4v) is 3.75. The van der Waals surface area contributed by atoms with Crippen molar-refractivity contribution in [3.63, 3.8) is 0 Å². The fraction of sp³-hybridized carbons (Fsp3) is 0.235. The average molecular weight is 416 g/mol. The summed E-state index contributed by atoms with van der Waals surface area (Å²) in [5, 5.41) is 0.943. The fourth-order valence-electron chi connectivity index (χ4n) is 2.54.